The molecule has 0 bridgehead atoms. The first-order valence-corrected chi connectivity index (χ1v) is 6.19. The average Bonchev–Trinajstić information content (AvgIpc) is 2.41. The maximum absolute atomic E-state index is 13.1. The highest BCUT2D eigenvalue weighted by Crippen LogP contribution is 2.23. The fourth-order valence-corrected chi connectivity index (χ4v) is 1.81. The lowest BCUT2D eigenvalue weighted by Crippen LogP contribution is -2.24. The minimum absolute atomic E-state index is 0.0174. The van der Waals surface area contributed by atoms with Gasteiger partial charge in [-0.2, -0.15) is 13.2 Å². The predicted molar refractivity (Wildman–Crippen MR) is 73.9 cm³/mol. The van der Waals surface area contributed by atoms with Gasteiger partial charge in [0.15, 0.2) is 0 Å². The Morgan fingerprint density at radius 3 is 2.10 bits per heavy atom. The summed E-state index contributed by atoms with van der Waals surface area (Å²) in [5, 5.41) is 0. The van der Waals surface area contributed by atoms with Gasteiger partial charge in [0.25, 0.3) is 0 Å². The molecule has 0 spiro atoms. The van der Waals surface area contributed by atoms with E-state index in [9.17, 15) is 13.2 Å². The van der Waals surface area contributed by atoms with Crippen LogP contribution in [0.2, 0.25) is 0 Å². The molecule has 0 atom stereocenters. The van der Waals surface area contributed by atoms with Gasteiger partial charge >= 0.3 is 6.18 Å². The van der Waals surface area contributed by atoms with Crippen molar-refractivity contribution in [2.45, 2.75) is 19.6 Å². The molecule has 0 unspecified atom stereocenters. The molecular formula is C16H14F3N. The van der Waals surface area contributed by atoms with Crippen LogP contribution in [-0.4, -0.2) is 11.9 Å². The molecule has 0 aliphatic heterocycles. The first kappa shape index (κ1) is 14.3. The Morgan fingerprint density at radius 1 is 0.950 bits per heavy atom. The Morgan fingerprint density at radius 2 is 1.55 bits per heavy atom. The summed E-state index contributed by atoms with van der Waals surface area (Å²) in [5.74, 6) is 0. The summed E-state index contributed by atoms with van der Waals surface area (Å²) >= 11 is 0. The van der Waals surface area contributed by atoms with Gasteiger partial charge in [-0.1, -0.05) is 60.2 Å². The van der Waals surface area contributed by atoms with Crippen molar-refractivity contribution < 1.29 is 13.2 Å². The lowest BCUT2D eigenvalue weighted by molar-refractivity contribution is -0.0582. The first-order valence-electron chi connectivity index (χ1n) is 6.19. The smallest absolute Gasteiger partial charge is 0.275 e. The Hall–Kier alpha value is -2.10. The Bertz CT molecular complexity index is 583. The largest absolute Gasteiger partial charge is 0.433 e. The molecule has 0 radical (unpaired) electrons. The molecular weight excluding hydrogens is 263 g/mol. The second-order valence-electron chi connectivity index (χ2n) is 4.51. The third-order valence-electron chi connectivity index (χ3n) is 2.86. The maximum Gasteiger partial charge on any atom is 0.433 e. The molecule has 0 aliphatic carbocycles. The van der Waals surface area contributed by atoms with Crippen LogP contribution >= 0.6 is 0 Å². The molecule has 0 saturated carbocycles. The quantitative estimate of drug-likeness (QED) is 0.730. The van der Waals surface area contributed by atoms with E-state index >= 15 is 0 Å². The molecule has 0 amide bonds. The summed E-state index contributed by atoms with van der Waals surface area (Å²) < 4.78 is 39.2. The Balaban J connectivity index is 2.31. The van der Waals surface area contributed by atoms with Crippen LogP contribution in [0.25, 0.3) is 0 Å². The van der Waals surface area contributed by atoms with Gasteiger partial charge in [0.2, 0.25) is 0 Å². The van der Waals surface area contributed by atoms with Gasteiger partial charge < -0.3 is 0 Å². The number of halogens is 3. The number of hydrogen-bond donors (Lipinski definition) is 0. The average molecular weight is 277 g/mol. The number of alkyl halides is 3. The van der Waals surface area contributed by atoms with Crippen LogP contribution in [-0.2, 0) is 6.54 Å². The van der Waals surface area contributed by atoms with E-state index in [-0.39, 0.29) is 12.1 Å². The molecule has 4 heteroatoms. The minimum atomic E-state index is -4.45. The highest BCUT2D eigenvalue weighted by atomic mass is 19.4. The molecule has 2 aromatic carbocycles. The van der Waals surface area contributed by atoms with E-state index in [2.05, 4.69) is 4.99 Å². The predicted octanol–water partition coefficient (Wildman–Crippen LogP) is 4.55. The van der Waals surface area contributed by atoms with E-state index in [0.29, 0.717) is 0 Å². The molecule has 2 rings (SSSR count). The summed E-state index contributed by atoms with van der Waals surface area (Å²) in [6.07, 6.45) is -4.45. The van der Waals surface area contributed by atoms with Crippen molar-refractivity contribution in [1.29, 1.82) is 0 Å². The Kier molecular flexibility index (Phi) is 4.23. The SMILES string of the molecule is Cc1ccc(C(=NCc2ccccc2)C(F)(F)F)cc1. The zero-order valence-corrected chi connectivity index (χ0v) is 11.0. The molecule has 0 fully saturated rings. The second-order valence-corrected chi connectivity index (χ2v) is 4.51. The summed E-state index contributed by atoms with van der Waals surface area (Å²) in [7, 11) is 0. The van der Waals surface area contributed by atoms with Gasteiger partial charge in [-0.3, -0.25) is 4.99 Å². The zero-order chi connectivity index (χ0) is 14.6. The van der Waals surface area contributed by atoms with Gasteiger partial charge in [0.1, 0.15) is 5.71 Å². The van der Waals surface area contributed by atoms with Gasteiger partial charge in [0, 0.05) is 5.56 Å². The summed E-state index contributed by atoms with van der Waals surface area (Å²) in [4.78, 5) is 3.76. The summed E-state index contributed by atoms with van der Waals surface area (Å²) in [5.41, 5.74) is 0.931. The number of benzene rings is 2. The molecule has 0 aliphatic rings. The van der Waals surface area contributed by atoms with Gasteiger partial charge in [-0.15, -0.1) is 0 Å². The topological polar surface area (TPSA) is 12.4 Å². The van der Waals surface area contributed by atoms with Crippen molar-refractivity contribution in [3.63, 3.8) is 0 Å². The fourth-order valence-electron chi connectivity index (χ4n) is 1.81. The van der Waals surface area contributed by atoms with Crippen LogP contribution in [0, 0.1) is 6.92 Å². The lowest BCUT2D eigenvalue weighted by Gasteiger charge is -2.11. The highest BCUT2D eigenvalue weighted by Gasteiger charge is 2.36. The minimum Gasteiger partial charge on any atom is -0.275 e. The fraction of sp³-hybridized carbons (Fsp3) is 0.188. The summed E-state index contributed by atoms with van der Waals surface area (Å²) in [6.45, 7) is 1.85. The number of aryl methyl sites for hydroxylation is 1. The third kappa shape index (κ3) is 3.70. The van der Waals surface area contributed by atoms with Crippen LogP contribution in [0.1, 0.15) is 16.7 Å². The monoisotopic (exact) mass is 277 g/mol. The van der Waals surface area contributed by atoms with Gasteiger partial charge in [0.05, 0.1) is 6.54 Å². The van der Waals surface area contributed by atoms with Crippen LogP contribution in [0.4, 0.5) is 13.2 Å². The molecule has 104 valence electrons. The summed E-state index contributed by atoms with van der Waals surface area (Å²) in [6, 6.07) is 15.1. The number of aliphatic imine (C=N–C) groups is 1. The standard InChI is InChI=1S/C16H14F3N/c1-12-7-9-14(10-8-12)15(16(17,18)19)20-11-13-5-3-2-4-6-13/h2-10H,11H2,1H3. The zero-order valence-electron chi connectivity index (χ0n) is 11.0. The molecule has 0 saturated heterocycles. The molecule has 0 heterocycles. The van der Waals surface area contributed by atoms with E-state index in [1.807, 2.05) is 13.0 Å². The van der Waals surface area contributed by atoms with Crippen molar-refractivity contribution in [2.75, 3.05) is 0 Å². The van der Waals surface area contributed by atoms with E-state index in [4.69, 9.17) is 0 Å². The van der Waals surface area contributed by atoms with Crippen LogP contribution < -0.4 is 0 Å². The van der Waals surface area contributed by atoms with Crippen molar-refractivity contribution in [3.05, 3.63) is 71.3 Å². The van der Waals surface area contributed by atoms with E-state index in [1.54, 1.807) is 36.4 Å². The van der Waals surface area contributed by atoms with Crippen molar-refractivity contribution >= 4 is 5.71 Å². The van der Waals surface area contributed by atoms with E-state index < -0.39 is 11.9 Å². The third-order valence-corrected chi connectivity index (χ3v) is 2.86. The molecule has 1 nitrogen and oxygen atoms in total. The molecule has 2 aromatic rings. The number of nitrogens with zero attached hydrogens (tertiary/aromatic N) is 1. The van der Waals surface area contributed by atoms with Gasteiger partial charge in [-0.05, 0) is 12.5 Å². The van der Waals surface area contributed by atoms with Crippen molar-refractivity contribution in [1.82, 2.24) is 0 Å². The van der Waals surface area contributed by atoms with E-state index in [0.717, 1.165) is 11.1 Å². The first-order chi connectivity index (χ1) is 9.47. The van der Waals surface area contributed by atoms with E-state index in [1.165, 1.54) is 12.1 Å². The van der Waals surface area contributed by atoms with Crippen LogP contribution in [0.15, 0.2) is 59.6 Å². The maximum atomic E-state index is 13.1. The van der Waals surface area contributed by atoms with Crippen molar-refractivity contribution in [3.8, 4) is 0 Å². The molecule has 0 aromatic heterocycles. The molecule has 20 heavy (non-hydrogen) atoms. The normalized spacial score (nSPS) is 12.5. The van der Waals surface area contributed by atoms with Crippen LogP contribution in [0.5, 0.6) is 0 Å². The molecule has 0 N–H and O–H groups in total. The van der Waals surface area contributed by atoms with Crippen LogP contribution in [0.3, 0.4) is 0 Å². The van der Waals surface area contributed by atoms with Gasteiger partial charge in [-0.25, -0.2) is 0 Å². The lowest BCUT2D eigenvalue weighted by atomic mass is 10.1. The Labute approximate surface area is 115 Å². The second kappa shape index (κ2) is 5.90. The highest BCUT2D eigenvalue weighted by molar-refractivity contribution is 6.04. The van der Waals surface area contributed by atoms with Crippen molar-refractivity contribution in [2.24, 2.45) is 4.99 Å². The number of hydrogen-bond acceptors (Lipinski definition) is 1. The number of rotatable bonds is 3.